The molecule has 2 saturated heterocycles. The lowest BCUT2D eigenvalue weighted by atomic mass is 10.1. The normalized spacial score (nSPS) is 21.0. The molecule has 1 N–H and O–H groups in total. The molecule has 1 atom stereocenters. The highest BCUT2D eigenvalue weighted by Gasteiger charge is 2.31. The standard InChI is InChI=1S/C19H25N5O2/c1-22-8-7-21-18(22)17-14-20-6-9-24(17)19(25)15-2-4-16(5-3-15)23-10-12-26-13-11-23/h2-5,7-8,17,20H,6,9-14H2,1H3. The molecule has 0 bridgehead atoms. The van der Waals surface area contributed by atoms with Crippen LogP contribution in [0.2, 0.25) is 0 Å². The summed E-state index contributed by atoms with van der Waals surface area (Å²) in [6.45, 7) is 5.51. The number of piperazine rings is 1. The molecule has 2 aliphatic rings. The number of ether oxygens (including phenoxy) is 1. The summed E-state index contributed by atoms with van der Waals surface area (Å²) in [5.41, 5.74) is 1.87. The Kier molecular flexibility index (Phi) is 4.90. The first kappa shape index (κ1) is 17.1. The summed E-state index contributed by atoms with van der Waals surface area (Å²) in [4.78, 5) is 21.8. The molecule has 2 fully saturated rings. The number of benzene rings is 1. The molecule has 1 unspecified atom stereocenters. The molecular formula is C19H25N5O2. The number of morpholine rings is 1. The van der Waals surface area contributed by atoms with Crippen LogP contribution in [-0.2, 0) is 11.8 Å². The van der Waals surface area contributed by atoms with Crippen LogP contribution in [0.3, 0.4) is 0 Å². The summed E-state index contributed by atoms with van der Waals surface area (Å²) < 4.78 is 7.39. The molecule has 4 rings (SSSR count). The average molecular weight is 355 g/mol. The van der Waals surface area contributed by atoms with Gasteiger partial charge in [0.25, 0.3) is 5.91 Å². The van der Waals surface area contributed by atoms with Crippen molar-refractivity contribution in [2.75, 3.05) is 50.8 Å². The molecule has 0 aliphatic carbocycles. The zero-order valence-electron chi connectivity index (χ0n) is 15.1. The van der Waals surface area contributed by atoms with E-state index in [2.05, 4.69) is 15.2 Å². The van der Waals surface area contributed by atoms with Crippen LogP contribution in [-0.4, -0.2) is 66.3 Å². The number of hydrogen-bond acceptors (Lipinski definition) is 5. The van der Waals surface area contributed by atoms with Crippen LogP contribution in [0.15, 0.2) is 36.7 Å². The predicted octanol–water partition coefficient (Wildman–Crippen LogP) is 1.04. The highest BCUT2D eigenvalue weighted by molar-refractivity contribution is 5.95. The van der Waals surface area contributed by atoms with Crippen molar-refractivity contribution in [3.63, 3.8) is 0 Å². The Morgan fingerprint density at radius 3 is 2.65 bits per heavy atom. The van der Waals surface area contributed by atoms with E-state index < -0.39 is 0 Å². The third-order valence-corrected chi connectivity index (χ3v) is 5.15. The molecule has 2 aromatic rings. The molecule has 1 aromatic carbocycles. The van der Waals surface area contributed by atoms with Gasteiger partial charge in [-0.15, -0.1) is 0 Å². The van der Waals surface area contributed by atoms with E-state index in [1.807, 2.05) is 47.0 Å². The van der Waals surface area contributed by atoms with Crippen LogP contribution in [0.5, 0.6) is 0 Å². The fourth-order valence-electron chi connectivity index (χ4n) is 3.68. The molecule has 1 aromatic heterocycles. The smallest absolute Gasteiger partial charge is 0.254 e. The minimum Gasteiger partial charge on any atom is -0.378 e. The van der Waals surface area contributed by atoms with E-state index in [1.165, 1.54) is 0 Å². The number of carbonyl (C=O) groups excluding carboxylic acids is 1. The lowest BCUT2D eigenvalue weighted by Crippen LogP contribution is -2.49. The fourth-order valence-corrected chi connectivity index (χ4v) is 3.68. The summed E-state index contributed by atoms with van der Waals surface area (Å²) in [5, 5.41) is 3.37. The number of amides is 1. The van der Waals surface area contributed by atoms with E-state index in [9.17, 15) is 4.79 Å². The van der Waals surface area contributed by atoms with Gasteiger partial charge in [0.2, 0.25) is 0 Å². The minimum absolute atomic E-state index is 0.0461. The minimum atomic E-state index is -0.0461. The molecule has 0 radical (unpaired) electrons. The second kappa shape index (κ2) is 7.47. The average Bonchev–Trinajstić information content (AvgIpc) is 3.14. The maximum Gasteiger partial charge on any atom is 0.254 e. The fraction of sp³-hybridized carbons (Fsp3) is 0.474. The lowest BCUT2D eigenvalue weighted by Gasteiger charge is -2.36. The molecule has 7 nitrogen and oxygen atoms in total. The first-order chi connectivity index (χ1) is 12.7. The second-order valence-corrected chi connectivity index (χ2v) is 6.76. The number of hydrogen-bond donors (Lipinski definition) is 1. The van der Waals surface area contributed by atoms with E-state index >= 15 is 0 Å². The SMILES string of the molecule is Cn1ccnc1C1CNCCN1C(=O)c1ccc(N2CCOCC2)cc1. The molecule has 7 heteroatoms. The van der Waals surface area contributed by atoms with E-state index in [1.54, 1.807) is 6.20 Å². The van der Waals surface area contributed by atoms with Gasteiger partial charge >= 0.3 is 0 Å². The molecular weight excluding hydrogens is 330 g/mol. The van der Waals surface area contributed by atoms with E-state index in [0.29, 0.717) is 6.54 Å². The van der Waals surface area contributed by atoms with Crippen molar-refractivity contribution in [1.82, 2.24) is 19.8 Å². The largest absolute Gasteiger partial charge is 0.378 e. The van der Waals surface area contributed by atoms with Gasteiger partial charge in [-0.1, -0.05) is 0 Å². The Bertz CT molecular complexity index is 752. The number of aromatic nitrogens is 2. The van der Waals surface area contributed by atoms with Crippen molar-refractivity contribution in [2.45, 2.75) is 6.04 Å². The van der Waals surface area contributed by atoms with Crippen molar-refractivity contribution in [2.24, 2.45) is 7.05 Å². The third kappa shape index (κ3) is 3.32. The number of nitrogens with one attached hydrogen (secondary N) is 1. The highest BCUT2D eigenvalue weighted by Crippen LogP contribution is 2.24. The Labute approximate surface area is 153 Å². The van der Waals surface area contributed by atoms with Crippen molar-refractivity contribution in [1.29, 1.82) is 0 Å². The summed E-state index contributed by atoms with van der Waals surface area (Å²) >= 11 is 0. The summed E-state index contributed by atoms with van der Waals surface area (Å²) in [6, 6.07) is 7.90. The molecule has 2 aliphatic heterocycles. The molecule has 3 heterocycles. The Balaban J connectivity index is 1.52. The molecule has 0 saturated carbocycles. The van der Waals surface area contributed by atoms with Gasteiger partial charge in [0.15, 0.2) is 0 Å². The van der Waals surface area contributed by atoms with Crippen molar-refractivity contribution >= 4 is 11.6 Å². The van der Waals surface area contributed by atoms with Gasteiger partial charge in [-0.3, -0.25) is 4.79 Å². The number of aryl methyl sites for hydroxylation is 1. The monoisotopic (exact) mass is 355 g/mol. The maximum absolute atomic E-state index is 13.1. The summed E-state index contributed by atoms with van der Waals surface area (Å²) in [7, 11) is 1.97. The van der Waals surface area contributed by atoms with E-state index in [0.717, 1.165) is 56.5 Å². The zero-order valence-corrected chi connectivity index (χ0v) is 15.1. The number of nitrogens with zero attached hydrogens (tertiary/aromatic N) is 4. The second-order valence-electron chi connectivity index (χ2n) is 6.76. The van der Waals surface area contributed by atoms with E-state index in [4.69, 9.17) is 4.74 Å². The van der Waals surface area contributed by atoms with Crippen LogP contribution in [0.1, 0.15) is 22.2 Å². The van der Waals surface area contributed by atoms with Gasteiger partial charge in [0.05, 0.1) is 13.2 Å². The Hall–Kier alpha value is -2.38. The van der Waals surface area contributed by atoms with Gasteiger partial charge in [-0.05, 0) is 24.3 Å². The highest BCUT2D eigenvalue weighted by atomic mass is 16.5. The molecule has 138 valence electrons. The van der Waals surface area contributed by atoms with Gasteiger partial charge in [-0.25, -0.2) is 4.98 Å². The van der Waals surface area contributed by atoms with Gasteiger partial charge in [-0.2, -0.15) is 0 Å². The zero-order chi connectivity index (χ0) is 17.9. The number of imidazole rings is 1. The van der Waals surface area contributed by atoms with Crippen molar-refractivity contribution < 1.29 is 9.53 Å². The lowest BCUT2D eigenvalue weighted by molar-refractivity contribution is 0.0621. The summed E-state index contributed by atoms with van der Waals surface area (Å²) in [6.07, 6.45) is 3.70. The summed E-state index contributed by atoms with van der Waals surface area (Å²) in [5.74, 6) is 0.975. The van der Waals surface area contributed by atoms with Crippen molar-refractivity contribution in [3.8, 4) is 0 Å². The van der Waals surface area contributed by atoms with Crippen molar-refractivity contribution in [3.05, 3.63) is 48.0 Å². The Morgan fingerprint density at radius 1 is 1.19 bits per heavy atom. The van der Waals surface area contributed by atoms with Gasteiger partial charge < -0.3 is 24.4 Å². The van der Waals surface area contributed by atoms with Gasteiger partial charge in [0, 0.05) is 63.4 Å². The first-order valence-electron chi connectivity index (χ1n) is 9.16. The number of carbonyl (C=O) groups is 1. The molecule has 0 spiro atoms. The maximum atomic E-state index is 13.1. The first-order valence-corrected chi connectivity index (χ1v) is 9.16. The van der Waals surface area contributed by atoms with Crippen LogP contribution >= 0.6 is 0 Å². The molecule has 26 heavy (non-hydrogen) atoms. The number of rotatable bonds is 3. The Morgan fingerprint density at radius 2 is 1.96 bits per heavy atom. The van der Waals surface area contributed by atoms with Crippen LogP contribution < -0.4 is 10.2 Å². The third-order valence-electron chi connectivity index (χ3n) is 5.15. The van der Waals surface area contributed by atoms with E-state index in [-0.39, 0.29) is 11.9 Å². The quantitative estimate of drug-likeness (QED) is 0.892. The van der Waals surface area contributed by atoms with Crippen LogP contribution in [0.25, 0.3) is 0 Å². The van der Waals surface area contributed by atoms with Crippen LogP contribution in [0.4, 0.5) is 5.69 Å². The van der Waals surface area contributed by atoms with Crippen LogP contribution in [0, 0.1) is 0 Å². The topological polar surface area (TPSA) is 62.6 Å². The predicted molar refractivity (Wildman–Crippen MR) is 99.3 cm³/mol. The molecule has 1 amide bonds. The number of anilines is 1. The van der Waals surface area contributed by atoms with Gasteiger partial charge in [0.1, 0.15) is 11.9 Å².